The maximum absolute atomic E-state index is 12.5. The zero-order chi connectivity index (χ0) is 21.1. The number of carbonyl (C=O) groups excluding carboxylic acids is 4. The lowest BCUT2D eigenvalue weighted by atomic mass is 10.1. The molecular weight excluding hydrogens is 386 g/mol. The topological polar surface area (TPSA) is 90.0 Å². The van der Waals surface area contributed by atoms with Crippen molar-refractivity contribution in [1.82, 2.24) is 4.90 Å². The van der Waals surface area contributed by atoms with Gasteiger partial charge in [0, 0.05) is 0 Å². The summed E-state index contributed by atoms with van der Waals surface area (Å²) in [5.41, 5.74) is 0.515. The number of fused-ring (bicyclic) bond motifs is 1. The summed E-state index contributed by atoms with van der Waals surface area (Å²) in [6.07, 6.45) is 0. The normalized spacial score (nSPS) is 12.5. The average Bonchev–Trinajstić information content (AvgIpc) is 3.00. The monoisotopic (exact) mass is 401 g/mol. The van der Waals surface area contributed by atoms with E-state index in [9.17, 15) is 19.2 Å². The first kappa shape index (κ1) is 19.1. The van der Waals surface area contributed by atoms with Crippen LogP contribution >= 0.6 is 0 Å². The van der Waals surface area contributed by atoms with Crippen LogP contribution in [0.1, 0.15) is 31.1 Å². The molecule has 0 radical (unpaired) electrons. The molecule has 0 N–H and O–H groups in total. The van der Waals surface area contributed by atoms with Crippen LogP contribution in [-0.2, 0) is 4.79 Å². The van der Waals surface area contributed by atoms with Crippen LogP contribution in [0.25, 0.3) is 0 Å². The molecule has 148 valence electrons. The number of hydrogen-bond donors (Lipinski definition) is 0. The van der Waals surface area contributed by atoms with E-state index in [0.29, 0.717) is 5.75 Å². The van der Waals surface area contributed by atoms with Crippen LogP contribution in [0.4, 0.5) is 0 Å². The Morgan fingerprint density at radius 1 is 0.700 bits per heavy atom. The van der Waals surface area contributed by atoms with E-state index in [1.165, 1.54) is 24.3 Å². The fraction of sp³-hybridized carbons (Fsp3) is 0.0435. The molecule has 7 nitrogen and oxygen atoms in total. The maximum atomic E-state index is 12.5. The number of rotatable bonds is 5. The second-order valence-corrected chi connectivity index (χ2v) is 6.41. The van der Waals surface area contributed by atoms with Gasteiger partial charge in [0.15, 0.2) is 0 Å². The van der Waals surface area contributed by atoms with E-state index in [1.54, 1.807) is 54.6 Å². The van der Waals surface area contributed by atoms with Crippen molar-refractivity contribution in [2.75, 3.05) is 6.54 Å². The molecule has 0 aliphatic carbocycles. The van der Waals surface area contributed by atoms with Gasteiger partial charge in [0.25, 0.3) is 11.8 Å². The summed E-state index contributed by atoms with van der Waals surface area (Å²) in [5, 5.41) is 0. The van der Waals surface area contributed by atoms with Crippen LogP contribution in [0.15, 0.2) is 78.9 Å². The molecule has 1 aliphatic rings. The third-order valence-corrected chi connectivity index (χ3v) is 4.45. The predicted octanol–water partition coefficient (Wildman–Crippen LogP) is 3.11. The molecule has 0 bridgehead atoms. The van der Waals surface area contributed by atoms with Crippen LogP contribution in [0.2, 0.25) is 0 Å². The number of nitrogens with zero attached hydrogens (tertiary/aromatic N) is 1. The Morgan fingerprint density at radius 2 is 1.27 bits per heavy atom. The van der Waals surface area contributed by atoms with E-state index < -0.39 is 30.3 Å². The molecule has 30 heavy (non-hydrogen) atoms. The third-order valence-electron chi connectivity index (χ3n) is 4.45. The van der Waals surface area contributed by atoms with Gasteiger partial charge in [0.2, 0.25) is 0 Å². The van der Waals surface area contributed by atoms with Crippen molar-refractivity contribution in [3.63, 3.8) is 0 Å². The summed E-state index contributed by atoms with van der Waals surface area (Å²) in [4.78, 5) is 50.5. The number of hydrogen-bond acceptors (Lipinski definition) is 6. The molecule has 0 fully saturated rings. The highest BCUT2D eigenvalue weighted by molar-refractivity contribution is 6.22. The lowest BCUT2D eigenvalue weighted by Crippen LogP contribution is -2.36. The van der Waals surface area contributed by atoms with E-state index >= 15 is 0 Å². The minimum atomic E-state index is -0.857. The van der Waals surface area contributed by atoms with Crippen molar-refractivity contribution >= 4 is 23.8 Å². The van der Waals surface area contributed by atoms with Crippen molar-refractivity contribution in [1.29, 1.82) is 0 Å². The van der Waals surface area contributed by atoms with Crippen LogP contribution in [-0.4, -0.2) is 35.2 Å². The Kier molecular flexibility index (Phi) is 5.09. The van der Waals surface area contributed by atoms with Gasteiger partial charge in [-0.2, -0.15) is 0 Å². The predicted molar refractivity (Wildman–Crippen MR) is 105 cm³/mol. The number of imide groups is 1. The Labute approximate surface area is 171 Å². The van der Waals surface area contributed by atoms with Crippen molar-refractivity contribution in [3.8, 4) is 11.5 Å². The number of amides is 2. The maximum Gasteiger partial charge on any atom is 0.347 e. The molecule has 3 aromatic rings. The molecule has 0 saturated carbocycles. The molecule has 0 aromatic heterocycles. The Bertz CT molecular complexity index is 1120. The Morgan fingerprint density at radius 3 is 1.93 bits per heavy atom. The molecule has 0 spiro atoms. The zero-order valence-electron chi connectivity index (χ0n) is 15.6. The van der Waals surface area contributed by atoms with Crippen LogP contribution < -0.4 is 9.47 Å². The minimum Gasteiger partial charge on any atom is -0.424 e. The second kappa shape index (κ2) is 8.00. The highest BCUT2D eigenvalue weighted by Gasteiger charge is 2.36. The lowest BCUT2D eigenvalue weighted by molar-refractivity contribution is -0.134. The summed E-state index contributed by atoms with van der Waals surface area (Å²) in [6, 6.07) is 20.9. The highest BCUT2D eigenvalue weighted by Crippen LogP contribution is 2.24. The van der Waals surface area contributed by atoms with Gasteiger partial charge in [-0.1, -0.05) is 42.5 Å². The molecule has 4 rings (SSSR count). The van der Waals surface area contributed by atoms with Gasteiger partial charge in [-0.25, -0.2) is 9.59 Å². The van der Waals surface area contributed by atoms with E-state index in [-0.39, 0.29) is 22.4 Å². The van der Waals surface area contributed by atoms with Gasteiger partial charge < -0.3 is 9.47 Å². The summed E-state index contributed by atoms with van der Waals surface area (Å²) in [7, 11) is 0. The van der Waals surface area contributed by atoms with E-state index in [0.717, 1.165) is 4.90 Å². The lowest BCUT2D eigenvalue weighted by Gasteiger charge is -2.14. The van der Waals surface area contributed by atoms with Gasteiger partial charge in [0.05, 0.1) is 11.1 Å². The second-order valence-electron chi connectivity index (χ2n) is 6.41. The SMILES string of the molecule is O=C(CN1C(=O)c2ccccc2C1=O)Oc1ccccc1C(=O)Oc1ccccc1. The first-order chi connectivity index (χ1) is 14.5. The van der Waals surface area contributed by atoms with Gasteiger partial charge in [-0.05, 0) is 36.4 Å². The number of ether oxygens (including phenoxy) is 2. The van der Waals surface area contributed by atoms with Gasteiger partial charge in [-0.3, -0.25) is 14.5 Å². The number of esters is 2. The Balaban J connectivity index is 1.48. The van der Waals surface area contributed by atoms with Crippen LogP contribution in [0, 0.1) is 0 Å². The molecule has 1 heterocycles. The number of benzene rings is 3. The van der Waals surface area contributed by atoms with Crippen LogP contribution in [0.3, 0.4) is 0 Å². The van der Waals surface area contributed by atoms with E-state index in [1.807, 2.05) is 0 Å². The largest absolute Gasteiger partial charge is 0.424 e. The molecule has 3 aromatic carbocycles. The molecule has 0 saturated heterocycles. The zero-order valence-corrected chi connectivity index (χ0v) is 15.6. The smallest absolute Gasteiger partial charge is 0.347 e. The molecule has 0 unspecified atom stereocenters. The molecule has 2 amide bonds. The fourth-order valence-corrected chi connectivity index (χ4v) is 3.04. The highest BCUT2D eigenvalue weighted by atomic mass is 16.6. The molecule has 7 heteroatoms. The number of para-hydroxylation sites is 2. The first-order valence-electron chi connectivity index (χ1n) is 9.07. The standard InChI is InChI=1S/C23H15NO6/c25-20(14-24-21(26)16-10-4-5-11-17(16)22(24)27)30-19-13-7-6-12-18(19)23(28)29-15-8-2-1-3-9-15/h1-13H,14H2. The van der Waals surface area contributed by atoms with Crippen molar-refractivity contribution in [2.45, 2.75) is 0 Å². The number of carbonyl (C=O) groups is 4. The summed E-state index contributed by atoms with van der Waals surface area (Å²) >= 11 is 0. The van der Waals surface area contributed by atoms with Crippen molar-refractivity contribution in [3.05, 3.63) is 95.6 Å². The van der Waals surface area contributed by atoms with Crippen molar-refractivity contribution < 1.29 is 28.7 Å². The first-order valence-corrected chi connectivity index (χ1v) is 9.07. The fourth-order valence-electron chi connectivity index (χ4n) is 3.04. The molecule has 1 aliphatic heterocycles. The summed E-state index contributed by atoms with van der Waals surface area (Å²) in [5.74, 6) is -2.38. The van der Waals surface area contributed by atoms with E-state index in [2.05, 4.69) is 0 Å². The average molecular weight is 401 g/mol. The molecular formula is C23H15NO6. The summed E-state index contributed by atoms with van der Waals surface area (Å²) in [6.45, 7) is -0.575. The third kappa shape index (κ3) is 3.68. The van der Waals surface area contributed by atoms with Crippen LogP contribution in [0.5, 0.6) is 11.5 Å². The summed E-state index contributed by atoms with van der Waals surface area (Å²) < 4.78 is 10.6. The van der Waals surface area contributed by atoms with Crippen molar-refractivity contribution in [2.24, 2.45) is 0 Å². The molecule has 0 atom stereocenters. The van der Waals surface area contributed by atoms with Gasteiger partial charge >= 0.3 is 11.9 Å². The Hall–Kier alpha value is -4.26. The minimum absolute atomic E-state index is 0.0277. The van der Waals surface area contributed by atoms with Gasteiger partial charge in [0.1, 0.15) is 23.6 Å². The van der Waals surface area contributed by atoms with Gasteiger partial charge in [-0.15, -0.1) is 0 Å². The van der Waals surface area contributed by atoms with E-state index in [4.69, 9.17) is 9.47 Å². The quantitative estimate of drug-likeness (QED) is 0.371.